The van der Waals surface area contributed by atoms with Crippen LogP contribution in [-0.4, -0.2) is 11.7 Å². The molecule has 1 atom stereocenters. The normalized spacial score (nSPS) is 19.0. The van der Waals surface area contributed by atoms with Crippen molar-refractivity contribution in [3.05, 3.63) is 100 Å². The van der Waals surface area contributed by atoms with Crippen LogP contribution in [0.5, 0.6) is 0 Å². The van der Waals surface area contributed by atoms with E-state index in [4.69, 9.17) is 0 Å². The van der Waals surface area contributed by atoms with E-state index in [0.717, 1.165) is 37.1 Å². The van der Waals surface area contributed by atoms with Gasteiger partial charge in [0.25, 0.3) is 0 Å². The van der Waals surface area contributed by atoms with Gasteiger partial charge in [-0.15, -0.1) is 11.8 Å². The number of thioether (sulfide) groups is 1. The summed E-state index contributed by atoms with van der Waals surface area (Å²) in [5, 5.41) is 3.27. The molecule has 30 heavy (non-hydrogen) atoms. The summed E-state index contributed by atoms with van der Waals surface area (Å²) in [6.07, 6.45) is 4.52. The minimum absolute atomic E-state index is 0.0665. The Hall–Kier alpha value is -2.52. The number of anilines is 1. The molecule has 1 N–H and O–H groups in total. The summed E-state index contributed by atoms with van der Waals surface area (Å²) in [6.45, 7) is 2.24. The number of carbonyl (C=O) groups excluding carboxylic acids is 1. The van der Waals surface area contributed by atoms with Gasteiger partial charge >= 0.3 is 0 Å². The molecule has 0 saturated carbocycles. The number of hydrogen-bond acceptors (Lipinski definition) is 2. The summed E-state index contributed by atoms with van der Waals surface area (Å²) in [5.74, 6) is 1.42. The van der Waals surface area contributed by atoms with Gasteiger partial charge in [-0.25, -0.2) is 0 Å². The fourth-order valence-corrected chi connectivity index (χ4v) is 6.36. The van der Waals surface area contributed by atoms with Crippen LogP contribution in [0.2, 0.25) is 0 Å². The third-order valence-corrected chi connectivity index (χ3v) is 7.73. The van der Waals surface area contributed by atoms with Crippen molar-refractivity contribution in [2.45, 2.75) is 43.8 Å². The monoisotopic (exact) mass is 413 g/mol. The van der Waals surface area contributed by atoms with Crippen molar-refractivity contribution in [2.24, 2.45) is 0 Å². The molecule has 1 spiro atoms. The number of amides is 1. The lowest BCUT2D eigenvalue weighted by atomic mass is 9.74. The van der Waals surface area contributed by atoms with Crippen LogP contribution in [0, 0.1) is 6.92 Å². The number of hydrogen-bond donors (Lipinski definition) is 1. The first-order valence-corrected chi connectivity index (χ1v) is 12.0. The second-order valence-corrected chi connectivity index (χ2v) is 9.54. The van der Waals surface area contributed by atoms with Crippen LogP contribution in [0.25, 0.3) is 0 Å². The van der Waals surface area contributed by atoms with E-state index in [1.165, 1.54) is 33.4 Å². The topological polar surface area (TPSA) is 29.1 Å². The lowest BCUT2D eigenvalue weighted by Crippen LogP contribution is -2.25. The van der Waals surface area contributed by atoms with Gasteiger partial charge in [-0.05, 0) is 72.1 Å². The molecule has 3 aromatic carbocycles. The molecule has 0 saturated heterocycles. The first kappa shape index (κ1) is 19.4. The first-order valence-electron chi connectivity index (χ1n) is 10.8. The summed E-state index contributed by atoms with van der Waals surface area (Å²) in [6, 6.07) is 23.5. The molecule has 2 aliphatic rings. The molecule has 152 valence electrons. The Kier molecular flexibility index (Phi) is 5.16. The summed E-state index contributed by atoms with van der Waals surface area (Å²) in [7, 11) is 0. The SMILES string of the molecule is Cc1cccc2c1[C@@]1(CC2)CCc2cccc(NC(=O)CSCc3ccccc3)c21. The van der Waals surface area contributed by atoms with E-state index < -0.39 is 0 Å². The van der Waals surface area contributed by atoms with E-state index in [2.05, 4.69) is 60.8 Å². The Morgan fingerprint density at radius 1 is 0.900 bits per heavy atom. The molecule has 0 fully saturated rings. The summed E-state index contributed by atoms with van der Waals surface area (Å²) in [5.41, 5.74) is 9.51. The highest BCUT2D eigenvalue weighted by Gasteiger charge is 2.46. The summed E-state index contributed by atoms with van der Waals surface area (Å²) in [4.78, 5) is 12.8. The van der Waals surface area contributed by atoms with Gasteiger partial charge in [0, 0.05) is 16.9 Å². The van der Waals surface area contributed by atoms with Gasteiger partial charge in [0.15, 0.2) is 0 Å². The molecule has 3 heteroatoms. The molecule has 0 unspecified atom stereocenters. The van der Waals surface area contributed by atoms with Crippen molar-refractivity contribution in [1.82, 2.24) is 0 Å². The van der Waals surface area contributed by atoms with Crippen molar-refractivity contribution < 1.29 is 4.79 Å². The summed E-state index contributed by atoms with van der Waals surface area (Å²) < 4.78 is 0. The van der Waals surface area contributed by atoms with Gasteiger partial charge in [0.05, 0.1) is 5.75 Å². The van der Waals surface area contributed by atoms with Crippen molar-refractivity contribution in [2.75, 3.05) is 11.1 Å². The first-order chi connectivity index (χ1) is 14.7. The summed E-state index contributed by atoms with van der Waals surface area (Å²) >= 11 is 1.67. The number of carbonyl (C=O) groups is 1. The molecule has 0 aliphatic heterocycles. The average molecular weight is 414 g/mol. The van der Waals surface area contributed by atoms with Gasteiger partial charge in [-0.1, -0.05) is 60.7 Å². The van der Waals surface area contributed by atoms with Crippen LogP contribution in [0.4, 0.5) is 5.69 Å². The predicted molar refractivity (Wildman–Crippen MR) is 126 cm³/mol. The van der Waals surface area contributed by atoms with Gasteiger partial charge in [0.2, 0.25) is 5.91 Å². The van der Waals surface area contributed by atoms with Gasteiger partial charge < -0.3 is 5.32 Å². The molecule has 0 radical (unpaired) electrons. The standard InChI is InChI=1S/C27H27NOS/c1-19-7-5-10-21-13-15-27(25(19)21)16-14-22-11-6-12-23(26(22)27)28-24(29)18-30-17-20-8-3-2-4-9-20/h2-12H,13-18H2,1H3,(H,28,29)/t27-/m1/s1. The smallest absolute Gasteiger partial charge is 0.234 e. The van der Waals surface area contributed by atoms with Crippen LogP contribution in [0.15, 0.2) is 66.7 Å². The molecule has 1 amide bonds. The van der Waals surface area contributed by atoms with Crippen LogP contribution in [0.1, 0.15) is 46.2 Å². The number of fused-ring (bicyclic) bond motifs is 4. The molecule has 0 aromatic heterocycles. The number of rotatable bonds is 5. The third-order valence-electron chi connectivity index (χ3n) is 6.73. The molecule has 2 nitrogen and oxygen atoms in total. The van der Waals surface area contributed by atoms with E-state index in [9.17, 15) is 4.79 Å². The second kappa shape index (κ2) is 7.96. The predicted octanol–water partition coefficient (Wildman–Crippen LogP) is 6.05. The van der Waals surface area contributed by atoms with Crippen LogP contribution in [0.3, 0.4) is 0 Å². The number of nitrogens with one attached hydrogen (secondary N) is 1. The highest BCUT2D eigenvalue weighted by Crippen LogP contribution is 2.55. The van der Waals surface area contributed by atoms with Gasteiger partial charge in [-0.3, -0.25) is 4.79 Å². The van der Waals surface area contributed by atoms with Crippen molar-refractivity contribution in [3.63, 3.8) is 0 Å². The van der Waals surface area contributed by atoms with E-state index >= 15 is 0 Å². The van der Waals surface area contributed by atoms with Crippen LogP contribution in [-0.2, 0) is 28.8 Å². The van der Waals surface area contributed by atoms with E-state index in [1.54, 1.807) is 11.8 Å². The largest absolute Gasteiger partial charge is 0.325 e. The third kappa shape index (κ3) is 3.35. The van der Waals surface area contributed by atoms with Crippen molar-refractivity contribution in [3.8, 4) is 0 Å². The lowest BCUT2D eigenvalue weighted by Gasteiger charge is -2.30. The average Bonchev–Trinajstić information content (AvgIpc) is 3.32. The minimum atomic E-state index is 0.0665. The van der Waals surface area contributed by atoms with E-state index in [-0.39, 0.29) is 11.3 Å². The molecule has 0 heterocycles. The zero-order valence-electron chi connectivity index (χ0n) is 17.4. The molecule has 3 aromatic rings. The fourth-order valence-electron chi connectivity index (χ4n) is 5.57. The lowest BCUT2D eigenvalue weighted by molar-refractivity contribution is -0.113. The zero-order chi connectivity index (χ0) is 20.6. The minimum Gasteiger partial charge on any atom is -0.325 e. The molecular formula is C27H27NOS. The maximum atomic E-state index is 12.8. The van der Waals surface area contributed by atoms with Crippen molar-refractivity contribution >= 4 is 23.4 Å². The molecule has 2 aliphatic carbocycles. The fraction of sp³-hybridized carbons (Fsp3) is 0.296. The van der Waals surface area contributed by atoms with Crippen LogP contribution < -0.4 is 5.32 Å². The van der Waals surface area contributed by atoms with Gasteiger partial charge in [-0.2, -0.15) is 0 Å². The van der Waals surface area contributed by atoms with E-state index in [1.807, 2.05) is 18.2 Å². The zero-order valence-corrected chi connectivity index (χ0v) is 18.2. The van der Waals surface area contributed by atoms with Crippen molar-refractivity contribution in [1.29, 1.82) is 0 Å². The maximum Gasteiger partial charge on any atom is 0.234 e. The molecular weight excluding hydrogens is 386 g/mol. The van der Waals surface area contributed by atoms with E-state index in [0.29, 0.717) is 5.75 Å². The Labute approximate surface area is 183 Å². The maximum absolute atomic E-state index is 12.8. The molecule has 5 rings (SSSR count). The quantitative estimate of drug-likeness (QED) is 0.552. The Balaban J connectivity index is 1.38. The van der Waals surface area contributed by atoms with Gasteiger partial charge in [0.1, 0.15) is 0 Å². The Bertz CT molecular complexity index is 1090. The number of aryl methyl sites for hydroxylation is 3. The molecule has 0 bridgehead atoms. The Morgan fingerprint density at radius 2 is 1.60 bits per heavy atom. The Morgan fingerprint density at radius 3 is 2.37 bits per heavy atom. The van der Waals surface area contributed by atoms with Crippen LogP contribution >= 0.6 is 11.8 Å². The highest BCUT2D eigenvalue weighted by molar-refractivity contribution is 7.99. The second-order valence-electron chi connectivity index (χ2n) is 8.56. The highest BCUT2D eigenvalue weighted by atomic mass is 32.2. The number of benzene rings is 3.